The van der Waals surface area contributed by atoms with Gasteiger partial charge in [0.1, 0.15) is 0 Å². The molecule has 0 aliphatic carbocycles. The summed E-state index contributed by atoms with van der Waals surface area (Å²) < 4.78 is 5.62. The third-order valence-electron chi connectivity index (χ3n) is 3.69. The number of nitrogens with one attached hydrogen (secondary N) is 1. The minimum atomic E-state index is 0.0703. The molecule has 25 heavy (non-hydrogen) atoms. The van der Waals surface area contributed by atoms with E-state index in [1.165, 1.54) is 11.1 Å². The minimum absolute atomic E-state index is 0.0703. The van der Waals surface area contributed by atoms with Gasteiger partial charge in [-0.3, -0.25) is 4.79 Å². The molecule has 2 aromatic rings. The number of ether oxygens (including phenoxy) is 1. The molecule has 0 heterocycles. The molecule has 0 radical (unpaired) electrons. The first-order valence-electron chi connectivity index (χ1n) is 8.62. The molecule has 0 aromatic heterocycles. The summed E-state index contributed by atoms with van der Waals surface area (Å²) in [5.41, 5.74) is 4.74. The molecule has 0 fully saturated rings. The van der Waals surface area contributed by atoms with Gasteiger partial charge >= 0.3 is 0 Å². The zero-order valence-corrected chi connectivity index (χ0v) is 16.1. The molecule has 0 spiro atoms. The van der Waals surface area contributed by atoms with Crippen molar-refractivity contribution in [2.45, 2.75) is 45.8 Å². The summed E-state index contributed by atoms with van der Waals surface area (Å²) in [5, 5.41) is 2.99. The van der Waals surface area contributed by atoms with Crippen LogP contribution >= 0.6 is 11.8 Å². The van der Waals surface area contributed by atoms with Crippen LogP contribution in [0, 0.1) is 6.92 Å². The van der Waals surface area contributed by atoms with Gasteiger partial charge in [0.2, 0.25) is 5.91 Å². The van der Waals surface area contributed by atoms with Crippen molar-refractivity contribution < 1.29 is 9.53 Å². The van der Waals surface area contributed by atoms with Crippen LogP contribution in [0.2, 0.25) is 0 Å². The third kappa shape index (κ3) is 7.76. The highest BCUT2D eigenvalue weighted by molar-refractivity contribution is 7.99. The van der Waals surface area contributed by atoms with E-state index in [0.717, 1.165) is 16.9 Å². The molecule has 0 saturated heterocycles. The molecular formula is C21H27NO2S. The number of thioether (sulfide) groups is 1. The van der Waals surface area contributed by atoms with Crippen LogP contribution in [-0.2, 0) is 28.4 Å². The van der Waals surface area contributed by atoms with Gasteiger partial charge in [-0.15, -0.1) is 11.8 Å². The van der Waals surface area contributed by atoms with Gasteiger partial charge < -0.3 is 10.1 Å². The van der Waals surface area contributed by atoms with Crippen molar-refractivity contribution in [2.24, 2.45) is 0 Å². The summed E-state index contributed by atoms with van der Waals surface area (Å²) in [6.45, 7) is 7.29. The first-order chi connectivity index (χ1) is 12.0. The summed E-state index contributed by atoms with van der Waals surface area (Å²) in [5.74, 6) is 1.40. The number of hydrogen-bond donors (Lipinski definition) is 1. The lowest BCUT2D eigenvalue weighted by molar-refractivity contribution is -0.118. The van der Waals surface area contributed by atoms with E-state index >= 15 is 0 Å². The van der Waals surface area contributed by atoms with E-state index in [-0.39, 0.29) is 12.0 Å². The van der Waals surface area contributed by atoms with E-state index < -0.39 is 0 Å². The summed E-state index contributed by atoms with van der Waals surface area (Å²) >= 11 is 1.64. The SMILES string of the molecule is Cc1ccc(CSCC(=O)NCc2cccc(COC(C)C)c2)cc1. The Balaban J connectivity index is 1.70. The van der Waals surface area contributed by atoms with Crippen molar-refractivity contribution in [3.8, 4) is 0 Å². The number of aryl methyl sites for hydroxylation is 1. The largest absolute Gasteiger partial charge is 0.374 e. The minimum Gasteiger partial charge on any atom is -0.374 e. The van der Waals surface area contributed by atoms with Crippen LogP contribution in [-0.4, -0.2) is 17.8 Å². The fourth-order valence-electron chi connectivity index (χ4n) is 2.29. The van der Waals surface area contributed by atoms with Gasteiger partial charge in [-0.2, -0.15) is 0 Å². The predicted octanol–water partition coefficient (Wildman–Crippen LogP) is 4.47. The number of hydrogen-bond acceptors (Lipinski definition) is 3. The molecule has 2 aromatic carbocycles. The Morgan fingerprint density at radius 1 is 1.08 bits per heavy atom. The highest BCUT2D eigenvalue weighted by atomic mass is 32.2. The van der Waals surface area contributed by atoms with E-state index in [4.69, 9.17) is 4.74 Å². The quantitative estimate of drug-likeness (QED) is 0.719. The number of amides is 1. The topological polar surface area (TPSA) is 38.3 Å². The lowest BCUT2D eigenvalue weighted by atomic mass is 10.1. The smallest absolute Gasteiger partial charge is 0.230 e. The maximum Gasteiger partial charge on any atom is 0.230 e. The predicted molar refractivity (Wildman–Crippen MR) is 106 cm³/mol. The van der Waals surface area contributed by atoms with Crippen molar-refractivity contribution in [1.29, 1.82) is 0 Å². The van der Waals surface area contributed by atoms with Crippen molar-refractivity contribution in [3.63, 3.8) is 0 Å². The van der Waals surface area contributed by atoms with Gasteiger partial charge in [0.25, 0.3) is 0 Å². The molecule has 3 nitrogen and oxygen atoms in total. The Bertz CT molecular complexity index is 668. The lowest BCUT2D eigenvalue weighted by Crippen LogP contribution is -2.24. The Labute approximate surface area is 155 Å². The van der Waals surface area contributed by atoms with Gasteiger partial charge in [-0.1, -0.05) is 54.1 Å². The Morgan fingerprint density at radius 2 is 1.80 bits per heavy atom. The van der Waals surface area contributed by atoms with Crippen molar-refractivity contribution >= 4 is 17.7 Å². The third-order valence-corrected chi connectivity index (χ3v) is 4.69. The van der Waals surface area contributed by atoms with Gasteiger partial charge in [0.15, 0.2) is 0 Å². The average Bonchev–Trinajstić information content (AvgIpc) is 2.60. The fourth-order valence-corrected chi connectivity index (χ4v) is 3.11. The van der Waals surface area contributed by atoms with Crippen molar-refractivity contribution in [1.82, 2.24) is 5.32 Å². The zero-order chi connectivity index (χ0) is 18.1. The molecule has 0 unspecified atom stereocenters. The second-order valence-electron chi connectivity index (χ2n) is 6.43. The lowest BCUT2D eigenvalue weighted by Gasteiger charge is -2.10. The number of rotatable bonds is 9. The summed E-state index contributed by atoms with van der Waals surface area (Å²) in [7, 11) is 0. The first-order valence-corrected chi connectivity index (χ1v) is 9.78. The second kappa shape index (κ2) is 10.3. The standard InChI is InChI=1S/C21H27NO2S/c1-16(2)24-13-20-6-4-5-19(11-20)12-22-21(23)15-25-14-18-9-7-17(3)8-10-18/h4-11,16H,12-15H2,1-3H3,(H,22,23). The van der Waals surface area contributed by atoms with E-state index in [9.17, 15) is 4.79 Å². The van der Waals surface area contributed by atoms with Crippen LogP contribution in [0.3, 0.4) is 0 Å². The highest BCUT2D eigenvalue weighted by Gasteiger charge is 2.04. The number of carbonyl (C=O) groups excluding carboxylic acids is 1. The molecule has 0 saturated carbocycles. The molecule has 0 aliphatic rings. The van der Waals surface area contributed by atoms with Crippen LogP contribution in [0.5, 0.6) is 0 Å². The second-order valence-corrected chi connectivity index (χ2v) is 7.42. The molecule has 2 rings (SSSR count). The molecular weight excluding hydrogens is 330 g/mol. The maximum atomic E-state index is 12.0. The summed E-state index contributed by atoms with van der Waals surface area (Å²) in [6.07, 6.45) is 0.217. The summed E-state index contributed by atoms with van der Waals surface area (Å²) in [4.78, 5) is 12.0. The summed E-state index contributed by atoms with van der Waals surface area (Å²) in [6, 6.07) is 16.6. The van der Waals surface area contributed by atoms with E-state index in [1.54, 1.807) is 11.8 Å². The van der Waals surface area contributed by atoms with E-state index in [2.05, 4.69) is 42.6 Å². The molecule has 0 aliphatic heterocycles. The Kier molecular flexibility index (Phi) is 8.02. The average molecular weight is 358 g/mol. The fraction of sp³-hybridized carbons (Fsp3) is 0.381. The molecule has 134 valence electrons. The number of benzene rings is 2. The Hall–Kier alpha value is -1.78. The van der Waals surface area contributed by atoms with Crippen LogP contribution in [0.4, 0.5) is 0 Å². The zero-order valence-electron chi connectivity index (χ0n) is 15.2. The van der Waals surface area contributed by atoms with Crippen LogP contribution in [0.25, 0.3) is 0 Å². The van der Waals surface area contributed by atoms with Crippen molar-refractivity contribution in [3.05, 3.63) is 70.8 Å². The van der Waals surface area contributed by atoms with Gasteiger partial charge in [-0.25, -0.2) is 0 Å². The van der Waals surface area contributed by atoms with Crippen LogP contribution in [0.1, 0.15) is 36.1 Å². The molecule has 1 N–H and O–H groups in total. The van der Waals surface area contributed by atoms with Gasteiger partial charge in [0, 0.05) is 12.3 Å². The molecule has 4 heteroatoms. The van der Waals surface area contributed by atoms with E-state index in [1.807, 2.05) is 32.0 Å². The molecule has 1 amide bonds. The van der Waals surface area contributed by atoms with Gasteiger partial charge in [0.05, 0.1) is 18.5 Å². The first kappa shape index (κ1) is 19.5. The Morgan fingerprint density at radius 3 is 2.52 bits per heavy atom. The van der Waals surface area contributed by atoms with E-state index in [0.29, 0.717) is 18.9 Å². The van der Waals surface area contributed by atoms with Crippen LogP contribution < -0.4 is 5.32 Å². The molecule has 0 bridgehead atoms. The normalized spacial score (nSPS) is 10.9. The highest BCUT2D eigenvalue weighted by Crippen LogP contribution is 2.13. The number of carbonyl (C=O) groups is 1. The monoisotopic (exact) mass is 357 g/mol. The molecule has 0 atom stereocenters. The van der Waals surface area contributed by atoms with Gasteiger partial charge in [-0.05, 0) is 37.5 Å². The van der Waals surface area contributed by atoms with Crippen molar-refractivity contribution in [2.75, 3.05) is 5.75 Å². The van der Waals surface area contributed by atoms with Crippen LogP contribution in [0.15, 0.2) is 48.5 Å². The maximum absolute atomic E-state index is 12.0.